The Morgan fingerprint density at radius 2 is 0.821 bits per heavy atom. The van der Waals surface area contributed by atoms with Gasteiger partial charge in [-0.15, -0.1) is 0 Å². The molecule has 0 aliphatic rings. The number of imidazole rings is 1. The highest BCUT2D eigenvalue weighted by Gasteiger charge is 2.03. The summed E-state index contributed by atoms with van der Waals surface area (Å²) in [6.45, 7) is 47.5. The number of nitrogens with zero attached hydrogens (tertiary/aromatic N) is 7. The highest BCUT2D eigenvalue weighted by atomic mass is 15.3. The Balaban J connectivity index is -0.000000706. The van der Waals surface area contributed by atoms with Gasteiger partial charge in [0.25, 0.3) is 0 Å². The molecule has 0 spiro atoms. The summed E-state index contributed by atoms with van der Waals surface area (Å²) in [6, 6.07) is 33.5. The molecule has 6 heterocycles. The van der Waals surface area contributed by atoms with E-state index in [1.54, 1.807) is 6.20 Å². The lowest BCUT2D eigenvalue weighted by molar-refractivity contribution is 0.537. The van der Waals surface area contributed by atoms with Crippen molar-refractivity contribution in [2.75, 3.05) is 0 Å². The fourth-order valence-corrected chi connectivity index (χ4v) is 4.50. The SMILES string of the molecule is CC(C)C.CC(C)C.CC(C)C.CC(C)C.CC(C)C.CC(C)C.CC(C)n1cc2ccccc2n1.CC(C)n1ncc2ccccc21.[B].c1ccn2cccc2c1.c1ccn2ccnc2c1. The molecule has 0 N–H and O–H groups in total. The van der Waals surface area contributed by atoms with Crippen LogP contribution >= 0.6 is 0 Å². The molecule has 0 atom stereocenters. The predicted molar refractivity (Wildman–Crippen MR) is 302 cm³/mol. The molecule has 0 aliphatic carbocycles. The van der Waals surface area contributed by atoms with Crippen molar-refractivity contribution in [1.29, 1.82) is 0 Å². The Morgan fingerprint density at radius 3 is 1.28 bits per heavy atom. The summed E-state index contributed by atoms with van der Waals surface area (Å²) in [5.74, 6) is 5.00. The molecule has 0 unspecified atom stereocenters. The standard InChI is InChI=1S/2C10H12N2.C8H7N.C7H6N2.6C4H10.B/c1-8(2)12-7-9-5-3-4-6-10(9)11-12;1-8(2)12-10-6-4-3-5-9(10)7-11-12;1-2-6-9-7-3-5-8(9)4-1;1-2-5-9-6-4-8-7(9)3-1;6*1-4(2)3;/h2*3-8H,1-2H3;1-7H;1-6H;6*4H,1-3H3;. The summed E-state index contributed by atoms with van der Waals surface area (Å²) in [5, 5.41) is 11.2. The van der Waals surface area contributed by atoms with E-state index in [4.69, 9.17) is 0 Å². The number of hydrogen-bond acceptors (Lipinski definition) is 3. The van der Waals surface area contributed by atoms with Gasteiger partial charge in [0.1, 0.15) is 5.65 Å². The quantitative estimate of drug-likeness (QED) is 0.162. The number of hydrogen-bond donors (Lipinski definition) is 0. The Bertz CT molecular complexity index is 2050. The first-order valence-electron chi connectivity index (χ1n) is 24.6. The van der Waals surface area contributed by atoms with Crippen molar-refractivity contribution in [3.8, 4) is 0 Å². The van der Waals surface area contributed by atoms with Crippen molar-refractivity contribution < 1.29 is 0 Å². The van der Waals surface area contributed by atoms with Gasteiger partial charge in [-0.05, 0) is 112 Å². The fourth-order valence-electron chi connectivity index (χ4n) is 4.50. The monoisotopic (exact) mass is 915 g/mol. The lowest BCUT2D eigenvalue weighted by Crippen LogP contribution is -2.01. The second-order valence-electron chi connectivity index (χ2n) is 20.8. The van der Waals surface area contributed by atoms with Gasteiger partial charge in [-0.2, -0.15) is 10.2 Å². The van der Waals surface area contributed by atoms with E-state index in [0.29, 0.717) is 12.1 Å². The maximum Gasteiger partial charge on any atom is 0.136 e. The number of benzene rings is 2. The van der Waals surface area contributed by atoms with Gasteiger partial charge < -0.3 is 8.80 Å². The van der Waals surface area contributed by atoms with Crippen LogP contribution in [0.2, 0.25) is 0 Å². The zero-order valence-electron chi connectivity index (χ0n) is 46.6. The zero-order valence-corrected chi connectivity index (χ0v) is 46.6. The Hall–Kier alpha value is -5.11. The van der Waals surface area contributed by atoms with Gasteiger partial charge in [0, 0.05) is 74.0 Å². The molecule has 0 amide bonds. The summed E-state index contributed by atoms with van der Waals surface area (Å²) in [6.07, 6.45) is 13.8. The van der Waals surface area contributed by atoms with Gasteiger partial charge in [0.2, 0.25) is 0 Å². The Kier molecular flexibility index (Phi) is 38.5. The molecule has 8 aromatic rings. The van der Waals surface area contributed by atoms with E-state index >= 15 is 0 Å². The van der Waals surface area contributed by atoms with Gasteiger partial charge in [-0.1, -0.05) is 173 Å². The topological polar surface area (TPSA) is 57.3 Å². The molecule has 0 aliphatic heterocycles. The van der Waals surface area contributed by atoms with E-state index < -0.39 is 0 Å². The van der Waals surface area contributed by atoms with E-state index in [-0.39, 0.29) is 8.41 Å². The van der Waals surface area contributed by atoms with Crippen LogP contribution in [0.1, 0.15) is 164 Å². The van der Waals surface area contributed by atoms with Crippen LogP contribution < -0.4 is 0 Å². The van der Waals surface area contributed by atoms with E-state index in [1.165, 1.54) is 21.8 Å². The molecule has 2 aromatic carbocycles. The number of pyridine rings is 2. The van der Waals surface area contributed by atoms with Crippen LogP contribution in [0.3, 0.4) is 0 Å². The summed E-state index contributed by atoms with van der Waals surface area (Å²) in [7, 11) is 0. The highest BCUT2D eigenvalue weighted by Crippen LogP contribution is 2.16. The van der Waals surface area contributed by atoms with Gasteiger partial charge >= 0.3 is 0 Å². The molecule has 371 valence electrons. The van der Waals surface area contributed by atoms with E-state index in [1.807, 2.05) is 111 Å². The summed E-state index contributed by atoms with van der Waals surface area (Å²) in [4.78, 5) is 4.08. The van der Waals surface area contributed by atoms with Crippen molar-refractivity contribution in [2.24, 2.45) is 35.5 Å². The molecular weight excluding hydrogens is 818 g/mol. The van der Waals surface area contributed by atoms with Gasteiger partial charge in [-0.25, -0.2) is 4.98 Å². The van der Waals surface area contributed by atoms with Crippen LogP contribution in [0.5, 0.6) is 0 Å². The van der Waals surface area contributed by atoms with Crippen molar-refractivity contribution in [3.63, 3.8) is 0 Å². The molecule has 7 nitrogen and oxygen atoms in total. The van der Waals surface area contributed by atoms with E-state index in [0.717, 1.165) is 46.7 Å². The van der Waals surface area contributed by atoms with Crippen LogP contribution in [0.15, 0.2) is 140 Å². The van der Waals surface area contributed by atoms with Crippen LogP contribution in [0.25, 0.3) is 33.0 Å². The fraction of sp³-hybridized carbons (Fsp3) is 0.508. The molecular formula is C59H97BN7. The summed E-state index contributed by atoms with van der Waals surface area (Å²) >= 11 is 0. The minimum atomic E-state index is 0. The third kappa shape index (κ3) is 36.7. The lowest BCUT2D eigenvalue weighted by Gasteiger charge is -2.05. The minimum absolute atomic E-state index is 0. The minimum Gasteiger partial charge on any atom is -0.324 e. The molecule has 0 saturated carbocycles. The third-order valence-corrected chi connectivity index (χ3v) is 6.69. The molecule has 0 fully saturated rings. The third-order valence-electron chi connectivity index (χ3n) is 6.69. The van der Waals surface area contributed by atoms with Crippen molar-refractivity contribution in [1.82, 2.24) is 33.3 Å². The number of para-hydroxylation sites is 1. The maximum absolute atomic E-state index is 4.43. The van der Waals surface area contributed by atoms with Crippen LogP contribution in [0.4, 0.5) is 0 Å². The van der Waals surface area contributed by atoms with Gasteiger partial charge in [0.15, 0.2) is 0 Å². The molecule has 6 aromatic heterocycles. The first kappa shape index (κ1) is 66.2. The molecule has 8 heteroatoms. The zero-order chi connectivity index (χ0) is 50.8. The largest absolute Gasteiger partial charge is 0.324 e. The number of fused-ring (bicyclic) bond motifs is 4. The lowest BCUT2D eigenvalue weighted by atomic mass is 10.2. The van der Waals surface area contributed by atoms with E-state index in [9.17, 15) is 0 Å². The maximum atomic E-state index is 4.43. The molecule has 3 radical (unpaired) electrons. The average Bonchev–Trinajstić information content (AvgIpc) is 4.03. The second-order valence-corrected chi connectivity index (χ2v) is 20.8. The second kappa shape index (κ2) is 38.9. The van der Waals surface area contributed by atoms with Gasteiger partial charge in [-0.3, -0.25) is 9.36 Å². The smallest absolute Gasteiger partial charge is 0.136 e. The Labute approximate surface area is 413 Å². The molecule has 67 heavy (non-hydrogen) atoms. The highest BCUT2D eigenvalue weighted by molar-refractivity contribution is 5.78. The number of rotatable bonds is 2. The molecule has 0 bridgehead atoms. The average molecular weight is 915 g/mol. The van der Waals surface area contributed by atoms with Gasteiger partial charge in [0.05, 0.1) is 17.2 Å². The van der Waals surface area contributed by atoms with Crippen molar-refractivity contribution >= 4 is 41.4 Å². The predicted octanol–water partition coefficient (Wildman–Crippen LogP) is 18.1. The van der Waals surface area contributed by atoms with E-state index in [2.05, 4.69) is 208 Å². The van der Waals surface area contributed by atoms with Crippen LogP contribution in [-0.2, 0) is 0 Å². The Morgan fingerprint density at radius 1 is 0.403 bits per heavy atom. The van der Waals surface area contributed by atoms with Crippen LogP contribution in [0, 0.1) is 35.5 Å². The number of aromatic nitrogens is 7. The molecule has 0 saturated heterocycles. The van der Waals surface area contributed by atoms with Crippen molar-refractivity contribution in [3.05, 3.63) is 140 Å². The summed E-state index contributed by atoms with van der Waals surface area (Å²) < 4.78 is 8.08. The summed E-state index contributed by atoms with van der Waals surface area (Å²) in [5.41, 5.74) is 4.54. The first-order valence-corrected chi connectivity index (χ1v) is 24.6. The van der Waals surface area contributed by atoms with Crippen molar-refractivity contribution in [2.45, 2.75) is 164 Å². The normalized spacial score (nSPS) is 10.0. The first-order chi connectivity index (χ1) is 30.9. The van der Waals surface area contributed by atoms with Crippen LogP contribution in [-0.4, -0.2) is 41.8 Å². The molecule has 8 rings (SSSR count).